The van der Waals surface area contributed by atoms with Crippen LogP contribution in [-0.2, 0) is 6.42 Å². The monoisotopic (exact) mass is 260 g/mol. The molecule has 0 fully saturated rings. The highest BCUT2D eigenvalue weighted by molar-refractivity contribution is 5.74. The molecule has 19 heavy (non-hydrogen) atoms. The van der Waals surface area contributed by atoms with Crippen molar-refractivity contribution in [3.63, 3.8) is 0 Å². The van der Waals surface area contributed by atoms with E-state index < -0.39 is 0 Å². The van der Waals surface area contributed by atoms with Crippen molar-refractivity contribution in [3.8, 4) is 0 Å². The number of aryl methyl sites for hydroxylation is 1. The van der Waals surface area contributed by atoms with Gasteiger partial charge in [-0.1, -0.05) is 57.2 Å². The van der Waals surface area contributed by atoms with Crippen LogP contribution in [0.5, 0.6) is 0 Å². The molecule has 0 bridgehead atoms. The zero-order chi connectivity index (χ0) is 14.1. The molecule has 3 nitrogen and oxygen atoms in total. The molecule has 0 saturated heterocycles. The highest BCUT2D eigenvalue weighted by atomic mass is 16.2. The van der Waals surface area contributed by atoms with Gasteiger partial charge in [0.15, 0.2) is 0 Å². The molecule has 0 atom stereocenters. The second-order valence-corrected chi connectivity index (χ2v) is 5.69. The van der Waals surface area contributed by atoms with Crippen LogP contribution in [-0.4, -0.2) is 12.6 Å². The predicted octanol–water partition coefficient (Wildman–Crippen LogP) is 3.48. The molecule has 0 aliphatic heterocycles. The standard InChI is InChI=1S/C16H24N2O/c1-16(2,3)11-13-18-15(19)17-12-7-10-14-8-5-4-6-9-14/h4-6,8-9,11,13H,7,10,12H2,1-3H3,(H2,17,18,19)/b13-11+. The number of hydrogen-bond acceptors (Lipinski definition) is 1. The first-order valence-corrected chi connectivity index (χ1v) is 6.73. The molecule has 2 N–H and O–H groups in total. The Labute approximate surface area is 116 Å². The molecule has 0 aromatic heterocycles. The van der Waals surface area contributed by atoms with Crippen LogP contribution >= 0.6 is 0 Å². The Morgan fingerprint density at radius 3 is 2.53 bits per heavy atom. The first kappa shape index (κ1) is 15.3. The van der Waals surface area contributed by atoms with Crippen LogP contribution in [0.25, 0.3) is 0 Å². The van der Waals surface area contributed by atoms with Gasteiger partial charge in [-0.05, 0) is 23.8 Å². The smallest absolute Gasteiger partial charge is 0.318 e. The molecule has 0 radical (unpaired) electrons. The lowest BCUT2D eigenvalue weighted by molar-refractivity contribution is 0.244. The van der Waals surface area contributed by atoms with Crippen molar-refractivity contribution in [2.75, 3.05) is 6.54 Å². The highest BCUT2D eigenvalue weighted by Crippen LogP contribution is 2.13. The molecule has 1 aromatic carbocycles. The fourth-order valence-electron chi connectivity index (χ4n) is 1.56. The molecule has 0 aliphatic rings. The Kier molecular flexibility index (Phi) is 6.13. The number of carbonyl (C=O) groups excluding carboxylic acids is 1. The fraction of sp³-hybridized carbons (Fsp3) is 0.438. The topological polar surface area (TPSA) is 41.1 Å². The molecule has 0 spiro atoms. The normalized spacial score (nSPS) is 11.5. The molecule has 3 heteroatoms. The number of rotatable bonds is 5. The van der Waals surface area contributed by atoms with Crippen molar-refractivity contribution < 1.29 is 4.79 Å². The maximum absolute atomic E-state index is 11.5. The van der Waals surface area contributed by atoms with E-state index in [4.69, 9.17) is 0 Å². The Balaban J connectivity index is 2.13. The Bertz CT molecular complexity index is 405. The number of amides is 2. The lowest BCUT2D eigenvalue weighted by Gasteiger charge is -2.11. The van der Waals surface area contributed by atoms with Gasteiger partial charge in [0, 0.05) is 12.7 Å². The number of allylic oxidation sites excluding steroid dienone is 1. The van der Waals surface area contributed by atoms with Crippen LogP contribution in [0, 0.1) is 5.41 Å². The van der Waals surface area contributed by atoms with E-state index in [0.717, 1.165) is 12.8 Å². The predicted molar refractivity (Wildman–Crippen MR) is 79.9 cm³/mol. The van der Waals surface area contributed by atoms with Gasteiger partial charge in [-0.3, -0.25) is 0 Å². The molecule has 0 saturated carbocycles. The maximum atomic E-state index is 11.5. The SMILES string of the molecule is CC(C)(C)/C=C/NC(=O)NCCCc1ccccc1. The molecule has 0 aliphatic carbocycles. The summed E-state index contributed by atoms with van der Waals surface area (Å²) in [6, 6.07) is 10.1. The molecule has 0 unspecified atom stereocenters. The van der Waals surface area contributed by atoms with Gasteiger partial charge in [0.2, 0.25) is 0 Å². The van der Waals surface area contributed by atoms with Crippen LogP contribution in [0.3, 0.4) is 0 Å². The van der Waals surface area contributed by atoms with Gasteiger partial charge in [0.1, 0.15) is 0 Å². The number of benzene rings is 1. The average molecular weight is 260 g/mol. The number of carbonyl (C=O) groups is 1. The summed E-state index contributed by atoms with van der Waals surface area (Å²) in [6.45, 7) is 6.94. The van der Waals surface area contributed by atoms with E-state index in [-0.39, 0.29) is 11.4 Å². The van der Waals surface area contributed by atoms with Crippen molar-refractivity contribution in [1.29, 1.82) is 0 Å². The Hall–Kier alpha value is -1.77. The highest BCUT2D eigenvalue weighted by Gasteiger charge is 2.03. The minimum atomic E-state index is -0.145. The van der Waals surface area contributed by atoms with Gasteiger partial charge in [-0.15, -0.1) is 0 Å². The van der Waals surface area contributed by atoms with E-state index in [9.17, 15) is 4.79 Å². The summed E-state index contributed by atoms with van der Waals surface area (Å²) in [4.78, 5) is 11.5. The molecule has 2 amide bonds. The number of urea groups is 1. The van der Waals surface area contributed by atoms with Crippen LogP contribution in [0.1, 0.15) is 32.8 Å². The van der Waals surface area contributed by atoms with Crippen molar-refractivity contribution in [2.24, 2.45) is 5.41 Å². The van der Waals surface area contributed by atoms with E-state index in [0.29, 0.717) is 6.54 Å². The van der Waals surface area contributed by atoms with Gasteiger partial charge >= 0.3 is 6.03 Å². The number of nitrogens with one attached hydrogen (secondary N) is 2. The molecular weight excluding hydrogens is 236 g/mol. The molecular formula is C16H24N2O. The van der Waals surface area contributed by atoms with Crippen molar-refractivity contribution >= 4 is 6.03 Å². The number of hydrogen-bond donors (Lipinski definition) is 2. The summed E-state index contributed by atoms with van der Waals surface area (Å²) < 4.78 is 0. The van der Waals surface area contributed by atoms with Crippen molar-refractivity contribution in [1.82, 2.24) is 10.6 Å². The molecule has 0 heterocycles. The molecule has 1 rings (SSSR count). The fourth-order valence-corrected chi connectivity index (χ4v) is 1.56. The van der Waals surface area contributed by atoms with Gasteiger partial charge in [0.05, 0.1) is 0 Å². The zero-order valence-corrected chi connectivity index (χ0v) is 12.1. The molecule has 1 aromatic rings. The second kappa shape index (κ2) is 7.62. The van der Waals surface area contributed by atoms with Crippen LogP contribution in [0.2, 0.25) is 0 Å². The third-order valence-electron chi connectivity index (χ3n) is 2.57. The molecule has 104 valence electrons. The van der Waals surface area contributed by atoms with Crippen LogP contribution in [0.15, 0.2) is 42.6 Å². The van der Waals surface area contributed by atoms with E-state index in [1.54, 1.807) is 6.20 Å². The third kappa shape index (κ3) is 8.03. The second-order valence-electron chi connectivity index (χ2n) is 5.69. The van der Waals surface area contributed by atoms with Gasteiger partial charge in [-0.25, -0.2) is 4.79 Å². The summed E-state index contributed by atoms with van der Waals surface area (Å²) in [5, 5.41) is 5.55. The lowest BCUT2D eigenvalue weighted by Crippen LogP contribution is -2.33. The van der Waals surface area contributed by atoms with Gasteiger partial charge < -0.3 is 10.6 Å². The third-order valence-corrected chi connectivity index (χ3v) is 2.57. The minimum absolute atomic E-state index is 0.0839. The summed E-state index contributed by atoms with van der Waals surface area (Å²) in [5.41, 5.74) is 1.39. The van der Waals surface area contributed by atoms with Gasteiger partial charge in [0.25, 0.3) is 0 Å². The Morgan fingerprint density at radius 1 is 1.21 bits per heavy atom. The largest absolute Gasteiger partial charge is 0.338 e. The first-order chi connectivity index (χ1) is 8.97. The van der Waals surface area contributed by atoms with Crippen LogP contribution < -0.4 is 10.6 Å². The van der Waals surface area contributed by atoms with E-state index in [2.05, 4.69) is 43.5 Å². The first-order valence-electron chi connectivity index (χ1n) is 6.73. The summed E-state index contributed by atoms with van der Waals surface area (Å²) in [7, 11) is 0. The van der Waals surface area contributed by atoms with Crippen molar-refractivity contribution in [2.45, 2.75) is 33.6 Å². The minimum Gasteiger partial charge on any atom is -0.338 e. The summed E-state index contributed by atoms with van der Waals surface area (Å²) >= 11 is 0. The Morgan fingerprint density at radius 2 is 1.89 bits per heavy atom. The average Bonchev–Trinajstić information content (AvgIpc) is 2.34. The summed E-state index contributed by atoms with van der Waals surface area (Å²) in [5.74, 6) is 0. The van der Waals surface area contributed by atoms with Crippen LogP contribution in [0.4, 0.5) is 4.79 Å². The van der Waals surface area contributed by atoms with E-state index in [1.807, 2.05) is 24.3 Å². The van der Waals surface area contributed by atoms with Crippen molar-refractivity contribution in [3.05, 3.63) is 48.2 Å². The maximum Gasteiger partial charge on any atom is 0.318 e. The summed E-state index contributed by atoms with van der Waals surface area (Å²) in [6.07, 6.45) is 5.60. The van der Waals surface area contributed by atoms with Gasteiger partial charge in [-0.2, -0.15) is 0 Å². The quantitative estimate of drug-likeness (QED) is 0.782. The van der Waals surface area contributed by atoms with E-state index in [1.165, 1.54) is 5.56 Å². The zero-order valence-electron chi connectivity index (χ0n) is 12.1. The van der Waals surface area contributed by atoms with E-state index >= 15 is 0 Å². The lowest BCUT2D eigenvalue weighted by atomic mass is 9.97.